The lowest BCUT2D eigenvalue weighted by molar-refractivity contribution is 0.0677. The van der Waals surface area contributed by atoms with Crippen molar-refractivity contribution in [3.63, 3.8) is 0 Å². The first-order valence-corrected chi connectivity index (χ1v) is 4.66. The molecule has 1 saturated heterocycles. The van der Waals surface area contributed by atoms with Gasteiger partial charge in [-0.1, -0.05) is 0 Å². The van der Waals surface area contributed by atoms with Crippen molar-refractivity contribution in [2.45, 2.75) is 24.9 Å². The second-order valence-corrected chi connectivity index (χ2v) is 3.76. The highest BCUT2D eigenvalue weighted by Crippen LogP contribution is 2.33. The third-order valence-corrected chi connectivity index (χ3v) is 3.19. The highest BCUT2D eigenvalue weighted by atomic mass is 32.2. The van der Waals surface area contributed by atoms with Crippen molar-refractivity contribution in [2.24, 2.45) is 0 Å². The first-order valence-electron chi connectivity index (χ1n) is 3.50. The lowest BCUT2D eigenvalue weighted by atomic mass is 10.0. The molecule has 1 rings (SSSR count). The molecule has 2 heteroatoms. The average Bonchev–Trinajstić information content (AvgIpc) is 1.85. The van der Waals surface area contributed by atoms with Crippen molar-refractivity contribution in [3.8, 4) is 12.3 Å². The van der Waals surface area contributed by atoms with Gasteiger partial charge in [0.15, 0.2) is 0 Å². The molecule has 1 aliphatic rings. The Morgan fingerprint density at radius 2 is 2.30 bits per heavy atom. The zero-order valence-electron chi connectivity index (χ0n) is 5.97. The van der Waals surface area contributed by atoms with Gasteiger partial charge in [0.05, 0.1) is 5.60 Å². The largest absolute Gasteiger partial charge is 0.388 e. The number of unbranched alkanes of at least 4 members (excludes halogenated alkanes) is 1. The van der Waals surface area contributed by atoms with E-state index in [1.54, 1.807) is 11.8 Å². The molecule has 1 fully saturated rings. The first-order chi connectivity index (χ1) is 4.77. The van der Waals surface area contributed by atoms with Crippen LogP contribution in [0.15, 0.2) is 0 Å². The summed E-state index contributed by atoms with van der Waals surface area (Å²) in [6.07, 6.45) is 7.72. The van der Waals surface area contributed by atoms with E-state index in [1.807, 2.05) is 0 Å². The maximum atomic E-state index is 9.55. The van der Waals surface area contributed by atoms with E-state index in [0.29, 0.717) is 0 Å². The van der Waals surface area contributed by atoms with Gasteiger partial charge in [0.25, 0.3) is 0 Å². The molecule has 0 amide bonds. The number of hydrogen-bond donors (Lipinski definition) is 1. The molecule has 10 heavy (non-hydrogen) atoms. The molecule has 56 valence electrons. The van der Waals surface area contributed by atoms with Gasteiger partial charge in [-0.3, -0.25) is 0 Å². The molecule has 0 aromatic carbocycles. The second-order valence-electron chi connectivity index (χ2n) is 2.77. The smallest absolute Gasteiger partial charge is 0.0828 e. The van der Waals surface area contributed by atoms with Crippen LogP contribution in [0.2, 0.25) is 0 Å². The lowest BCUT2D eigenvalue weighted by Crippen LogP contribution is -2.42. The molecule has 0 saturated carbocycles. The monoisotopic (exact) mass is 156 g/mol. The highest BCUT2D eigenvalue weighted by Gasteiger charge is 2.34. The van der Waals surface area contributed by atoms with Crippen molar-refractivity contribution in [1.29, 1.82) is 0 Å². The van der Waals surface area contributed by atoms with Gasteiger partial charge < -0.3 is 5.11 Å². The molecule has 0 atom stereocenters. The van der Waals surface area contributed by atoms with E-state index in [4.69, 9.17) is 6.42 Å². The second kappa shape index (κ2) is 3.32. The van der Waals surface area contributed by atoms with Gasteiger partial charge in [-0.2, -0.15) is 11.8 Å². The third-order valence-electron chi connectivity index (χ3n) is 1.70. The molecule has 0 spiro atoms. The minimum atomic E-state index is -0.360. The molecule has 0 aliphatic carbocycles. The Morgan fingerprint density at radius 3 is 2.70 bits per heavy atom. The number of rotatable bonds is 3. The van der Waals surface area contributed by atoms with Gasteiger partial charge >= 0.3 is 0 Å². The van der Waals surface area contributed by atoms with Crippen molar-refractivity contribution in [3.05, 3.63) is 0 Å². The Bertz CT molecular complexity index is 144. The predicted octanol–water partition coefficient (Wildman–Crippen LogP) is 1.27. The van der Waals surface area contributed by atoms with Crippen LogP contribution in [-0.4, -0.2) is 22.2 Å². The van der Waals surface area contributed by atoms with E-state index in [1.165, 1.54) is 0 Å². The number of aliphatic hydroxyl groups is 1. The molecule has 0 aromatic heterocycles. The number of thioether (sulfide) groups is 1. The van der Waals surface area contributed by atoms with Gasteiger partial charge in [-0.05, 0) is 12.8 Å². The van der Waals surface area contributed by atoms with Crippen molar-refractivity contribution >= 4 is 11.8 Å². The predicted molar refractivity (Wildman–Crippen MR) is 45.0 cm³/mol. The lowest BCUT2D eigenvalue weighted by Gasteiger charge is -2.35. The fourth-order valence-electron chi connectivity index (χ4n) is 1.00. The fraction of sp³-hybridized carbons (Fsp3) is 0.750. The van der Waals surface area contributed by atoms with Gasteiger partial charge in [-0.25, -0.2) is 0 Å². The third kappa shape index (κ3) is 1.93. The van der Waals surface area contributed by atoms with E-state index >= 15 is 0 Å². The van der Waals surface area contributed by atoms with Gasteiger partial charge in [0.2, 0.25) is 0 Å². The molecular weight excluding hydrogens is 144 g/mol. The molecule has 1 N–H and O–H groups in total. The summed E-state index contributed by atoms with van der Waals surface area (Å²) in [7, 11) is 0. The van der Waals surface area contributed by atoms with Crippen molar-refractivity contribution < 1.29 is 5.11 Å². The molecule has 0 aromatic rings. The van der Waals surface area contributed by atoms with Crippen LogP contribution >= 0.6 is 11.8 Å². The Labute approximate surface area is 66.2 Å². The SMILES string of the molecule is C#CCCCC1(O)CSC1. The van der Waals surface area contributed by atoms with Crippen molar-refractivity contribution in [2.75, 3.05) is 11.5 Å². The van der Waals surface area contributed by atoms with E-state index in [2.05, 4.69) is 5.92 Å². The van der Waals surface area contributed by atoms with Crippen LogP contribution < -0.4 is 0 Å². The van der Waals surface area contributed by atoms with Crippen LogP contribution in [0.4, 0.5) is 0 Å². The molecule has 1 heterocycles. The Balaban J connectivity index is 2.07. The van der Waals surface area contributed by atoms with E-state index in [0.717, 1.165) is 30.8 Å². The van der Waals surface area contributed by atoms with Crippen LogP contribution in [0.25, 0.3) is 0 Å². The molecule has 0 radical (unpaired) electrons. The Kier molecular flexibility index (Phi) is 2.64. The summed E-state index contributed by atoms with van der Waals surface area (Å²) in [6, 6.07) is 0. The quantitative estimate of drug-likeness (QED) is 0.490. The maximum absolute atomic E-state index is 9.55. The van der Waals surface area contributed by atoms with Crippen molar-refractivity contribution in [1.82, 2.24) is 0 Å². The average molecular weight is 156 g/mol. The fourth-order valence-corrected chi connectivity index (χ4v) is 1.97. The molecular formula is C8H12OS. The van der Waals surface area contributed by atoms with Crippen LogP contribution in [0.1, 0.15) is 19.3 Å². The zero-order valence-corrected chi connectivity index (χ0v) is 6.78. The summed E-state index contributed by atoms with van der Waals surface area (Å²) in [5.74, 6) is 4.37. The summed E-state index contributed by atoms with van der Waals surface area (Å²) in [5.41, 5.74) is -0.360. The first kappa shape index (κ1) is 7.97. The van der Waals surface area contributed by atoms with Crippen LogP contribution in [0.3, 0.4) is 0 Å². The minimum Gasteiger partial charge on any atom is -0.388 e. The minimum absolute atomic E-state index is 0.360. The zero-order chi connectivity index (χ0) is 7.45. The van der Waals surface area contributed by atoms with Gasteiger partial charge in [0, 0.05) is 17.9 Å². The van der Waals surface area contributed by atoms with Gasteiger partial charge in [0.1, 0.15) is 0 Å². The number of hydrogen-bond acceptors (Lipinski definition) is 2. The van der Waals surface area contributed by atoms with E-state index in [9.17, 15) is 5.11 Å². The molecule has 1 aliphatic heterocycles. The summed E-state index contributed by atoms with van der Waals surface area (Å²) in [5, 5.41) is 9.55. The standard InChI is InChI=1S/C8H12OS/c1-2-3-4-5-8(9)6-10-7-8/h1,9H,3-7H2. The summed E-state index contributed by atoms with van der Waals surface area (Å²) < 4.78 is 0. The van der Waals surface area contributed by atoms with Crippen LogP contribution in [0.5, 0.6) is 0 Å². The summed E-state index contributed by atoms with van der Waals surface area (Å²) >= 11 is 1.80. The summed E-state index contributed by atoms with van der Waals surface area (Å²) in [4.78, 5) is 0. The maximum Gasteiger partial charge on any atom is 0.0828 e. The van der Waals surface area contributed by atoms with Gasteiger partial charge in [-0.15, -0.1) is 12.3 Å². The van der Waals surface area contributed by atoms with E-state index < -0.39 is 0 Å². The molecule has 1 nitrogen and oxygen atoms in total. The van der Waals surface area contributed by atoms with Crippen LogP contribution in [-0.2, 0) is 0 Å². The Morgan fingerprint density at radius 1 is 1.60 bits per heavy atom. The van der Waals surface area contributed by atoms with E-state index in [-0.39, 0.29) is 5.60 Å². The molecule has 0 bridgehead atoms. The summed E-state index contributed by atoms with van der Waals surface area (Å²) in [6.45, 7) is 0. The van der Waals surface area contributed by atoms with Crippen LogP contribution in [0, 0.1) is 12.3 Å². The topological polar surface area (TPSA) is 20.2 Å². The highest BCUT2D eigenvalue weighted by molar-refractivity contribution is 8.00. The molecule has 0 unspecified atom stereocenters. The normalized spacial score (nSPS) is 21.2. The Hall–Kier alpha value is -0.130. The number of terminal acetylenes is 1.